The molecule has 0 spiro atoms. The van der Waals surface area contributed by atoms with Crippen LogP contribution in [-0.4, -0.2) is 22.6 Å². The molecule has 0 saturated heterocycles. The molecule has 3 atom stereocenters. The van der Waals surface area contributed by atoms with E-state index in [0.29, 0.717) is 13.2 Å². The molecule has 154 valence electrons. The maximum absolute atomic E-state index is 12.8. The average Bonchev–Trinajstić information content (AvgIpc) is 2.73. The summed E-state index contributed by atoms with van der Waals surface area (Å²) in [4.78, 5) is 16.8. The number of aryl methyl sites for hydroxylation is 1. The van der Waals surface area contributed by atoms with Gasteiger partial charge < -0.3 is 15.2 Å². The molecular weight excluding hydrogens is 364 g/mol. The van der Waals surface area contributed by atoms with Gasteiger partial charge in [-0.1, -0.05) is 25.6 Å². The minimum atomic E-state index is -0.691. The van der Waals surface area contributed by atoms with E-state index in [4.69, 9.17) is 4.74 Å². The lowest BCUT2D eigenvalue weighted by molar-refractivity contribution is -0.128. The monoisotopic (exact) mass is 394 g/mol. The number of carbonyl (C=O) groups is 1. The maximum atomic E-state index is 12.8. The molecule has 1 heterocycles. The number of amides is 1. The summed E-state index contributed by atoms with van der Waals surface area (Å²) in [6.45, 7) is 10.5. The van der Waals surface area contributed by atoms with Crippen molar-refractivity contribution in [2.75, 3.05) is 6.61 Å². The molecule has 5 heteroatoms. The van der Waals surface area contributed by atoms with Crippen molar-refractivity contribution in [3.05, 3.63) is 71.1 Å². The third-order valence-electron chi connectivity index (χ3n) is 5.95. The molecule has 1 aliphatic rings. The van der Waals surface area contributed by atoms with E-state index in [-0.39, 0.29) is 17.7 Å². The van der Waals surface area contributed by atoms with E-state index in [2.05, 4.69) is 23.8 Å². The third kappa shape index (κ3) is 4.51. The highest BCUT2D eigenvalue weighted by Gasteiger charge is 2.37. The van der Waals surface area contributed by atoms with E-state index in [1.165, 1.54) is 5.56 Å². The number of hydrogen-bond acceptors (Lipinski definition) is 4. The number of aliphatic hydroxyl groups excluding tert-OH is 1. The van der Waals surface area contributed by atoms with Crippen molar-refractivity contribution in [3.8, 4) is 5.75 Å². The van der Waals surface area contributed by atoms with Crippen LogP contribution in [0.15, 0.2) is 43.2 Å². The molecule has 0 bridgehead atoms. The third-order valence-corrected chi connectivity index (χ3v) is 5.95. The summed E-state index contributed by atoms with van der Waals surface area (Å²) in [5.74, 6) is 0.292. The second-order valence-corrected chi connectivity index (χ2v) is 7.82. The summed E-state index contributed by atoms with van der Waals surface area (Å²) in [7, 11) is 0. The van der Waals surface area contributed by atoms with E-state index >= 15 is 0 Å². The fourth-order valence-electron chi connectivity index (χ4n) is 4.25. The van der Waals surface area contributed by atoms with Gasteiger partial charge in [-0.15, -0.1) is 0 Å². The molecule has 2 N–H and O–H groups in total. The Hall–Kier alpha value is -2.66. The summed E-state index contributed by atoms with van der Waals surface area (Å²) in [5, 5.41) is 14.2. The van der Waals surface area contributed by atoms with Gasteiger partial charge in [-0.25, -0.2) is 0 Å². The zero-order valence-corrected chi connectivity index (χ0v) is 17.4. The average molecular weight is 395 g/mol. The van der Waals surface area contributed by atoms with Gasteiger partial charge in [0, 0.05) is 30.8 Å². The van der Waals surface area contributed by atoms with Crippen LogP contribution in [0.5, 0.6) is 5.75 Å². The van der Waals surface area contributed by atoms with Crippen LogP contribution < -0.4 is 10.1 Å². The molecule has 2 aromatic rings. The van der Waals surface area contributed by atoms with Crippen molar-refractivity contribution in [1.29, 1.82) is 0 Å². The number of nitrogens with zero attached hydrogens (tertiary/aromatic N) is 1. The van der Waals surface area contributed by atoms with Crippen LogP contribution in [0.1, 0.15) is 47.3 Å². The first-order valence-corrected chi connectivity index (χ1v) is 10.1. The molecule has 1 amide bonds. The Morgan fingerprint density at radius 2 is 2.28 bits per heavy atom. The number of hydrogen-bond donors (Lipinski definition) is 2. The second kappa shape index (κ2) is 9.23. The molecule has 0 aliphatic heterocycles. The Labute approximate surface area is 172 Å². The standard InChI is InChI=1S/C24H30N2O3/c1-5-11-29-21-12-15(2)19-8-9-20(23(27)22(19)17(21)4)16(3)24(28)26-14-18-7-6-10-25-13-18/h5-7,10,12-13,16,20,23,27H,1,8-9,11,14H2,2-4H3,(H,26,28). The Morgan fingerprint density at radius 1 is 1.48 bits per heavy atom. The number of rotatable bonds is 7. The van der Waals surface area contributed by atoms with E-state index in [1.807, 2.05) is 32.0 Å². The van der Waals surface area contributed by atoms with Gasteiger partial charge in [0.15, 0.2) is 0 Å². The first-order chi connectivity index (χ1) is 13.9. The summed E-state index contributed by atoms with van der Waals surface area (Å²) in [6, 6.07) is 5.82. The Kier molecular flexibility index (Phi) is 6.70. The molecule has 0 fully saturated rings. The Balaban J connectivity index is 1.77. The van der Waals surface area contributed by atoms with Gasteiger partial charge >= 0.3 is 0 Å². The fourth-order valence-corrected chi connectivity index (χ4v) is 4.25. The number of fused-ring (bicyclic) bond motifs is 1. The zero-order chi connectivity index (χ0) is 21.0. The van der Waals surface area contributed by atoms with Crippen LogP contribution in [0.2, 0.25) is 0 Å². The predicted molar refractivity (Wildman–Crippen MR) is 114 cm³/mol. The Bertz CT molecular complexity index is 879. The summed E-state index contributed by atoms with van der Waals surface area (Å²) in [6.07, 6.45) is 6.11. The molecule has 1 aromatic heterocycles. The van der Waals surface area contributed by atoms with E-state index < -0.39 is 6.10 Å². The lowest BCUT2D eigenvalue weighted by Gasteiger charge is -2.36. The number of aromatic nitrogens is 1. The predicted octanol–water partition coefficient (Wildman–Crippen LogP) is 3.81. The molecule has 3 unspecified atom stereocenters. The Morgan fingerprint density at radius 3 is 2.97 bits per heavy atom. The topological polar surface area (TPSA) is 71.5 Å². The SMILES string of the molecule is C=CCOc1cc(C)c2c(c1C)C(O)C(C(C)C(=O)NCc1cccnc1)CC2. The van der Waals surface area contributed by atoms with Crippen molar-refractivity contribution < 1.29 is 14.6 Å². The number of aliphatic hydroxyl groups is 1. The molecule has 0 saturated carbocycles. The van der Waals surface area contributed by atoms with E-state index in [1.54, 1.807) is 18.5 Å². The van der Waals surface area contributed by atoms with Crippen molar-refractivity contribution in [2.45, 2.75) is 46.3 Å². The van der Waals surface area contributed by atoms with Gasteiger partial charge in [0.2, 0.25) is 5.91 Å². The van der Waals surface area contributed by atoms with Crippen molar-refractivity contribution in [3.63, 3.8) is 0 Å². The molecular formula is C24H30N2O3. The smallest absolute Gasteiger partial charge is 0.223 e. The second-order valence-electron chi connectivity index (χ2n) is 7.82. The highest BCUT2D eigenvalue weighted by molar-refractivity contribution is 5.78. The maximum Gasteiger partial charge on any atom is 0.223 e. The van der Waals surface area contributed by atoms with Crippen LogP contribution >= 0.6 is 0 Å². The van der Waals surface area contributed by atoms with Crippen LogP contribution in [0, 0.1) is 25.7 Å². The molecule has 5 nitrogen and oxygen atoms in total. The first kappa shape index (κ1) is 21.1. The number of carbonyl (C=O) groups excluding carboxylic acids is 1. The lowest BCUT2D eigenvalue weighted by Crippen LogP contribution is -2.37. The first-order valence-electron chi connectivity index (χ1n) is 10.1. The van der Waals surface area contributed by atoms with E-state index in [9.17, 15) is 9.90 Å². The van der Waals surface area contributed by atoms with E-state index in [0.717, 1.165) is 40.8 Å². The number of ether oxygens (including phenoxy) is 1. The van der Waals surface area contributed by atoms with Crippen LogP contribution in [0.25, 0.3) is 0 Å². The van der Waals surface area contributed by atoms with Crippen molar-refractivity contribution in [2.24, 2.45) is 11.8 Å². The summed E-state index contributed by atoms with van der Waals surface area (Å²) < 4.78 is 5.80. The van der Waals surface area contributed by atoms with Gasteiger partial charge in [-0.05, 0) is 66.6 Å². The minimum Gasteiger partial charge on any atom is -0.489 e. The normalized spacial score (nSPS) is 19.2. The summed E-state index contributed by atoms with van der Waals surface area (Å²) in [5.41, 5.74) is 5.13. The number of nitrogens with one attached hydrogen (secondary N) is 1. The minimum absolute atomic E-state index is 0.0465. The quantitative estimate of drug-likeness (QED) is 0.701. The van der Waals surface area contributed by atoms with Crippen molar-refractivity contribution in [1.82, 2.24) is 10.3 Å². The molecule has 29 heavy (non-hydrogen) atoms. The van der Waals surface area contributed by atoms with Gasteiger partial charge in [0.1, 0.15) is 12.4 Å². The van der Waals surface area contributed by atoms with Crippen LogP contribution in [-0.2, 0) is 17.8 Å². The van der Waals surface area contributed by atoms with Gasteiger partial charge in [0.05, 0.1) is 6.10 Å². The molecule has 1 aliphatic carbocycles. The van der Waals surface area contributed by atoms with Gasteiger partial charge in [-0.2, -0.15) is 0 Å². The fraction of sp³-hybridized carbons (Fsp3) is 0.417. The summed E-state index contributed by atoms with van der Waals surface area (Å²) >= 11 is 0. The largest absolute Gasteiger partial charge is 0.489 e. The number of benzene rings is 1. The highest BCUT2D eigenvalue weighted by Crippen LogP contribution is 2.43. The lowest BCUT2D eigenvalue weighted by atomic mass is 9.72. The zero-order valence-electron chi connectivity index (χ0n) is 17.4. The molecule has 0 radical (unpaired) electrons. The highest BCUT2D eigenvalue weighted by atomic mass is 16.5. The van der Waals surface area contributed by atoms with Crippen LogP contribution in [0.3, 0.4) is 0 Å². The van der Waals surface area contributed by atoms with Gasteiger partial charge in [-0.3, -0.25) is 9.78 Å². The van der Waals surface area contributed by atoms with Gasteiger partial charge in [0.25, 0.3) is 0 Å². The molecule has 1 aromatic carbocycles. The van der Waals surface area contributed by atoms with Crippen molar-refractivity contribution >= 4 is 5.91 Å². The van der Waals surface area contributed by atoms with Crippen LogP contribution in [0.4, 0.5) is 0 Å². The molecule has 3 rings (SSSR count). The number of pyridine rings is 1.